The van der Waals surface area contributed by atoms with Gasteiger partial charge in [-0.05, 0) is 30.6 Å². The fraction of sp³-hybridized carbons (Fsp3) is 0.889. The molecular formula is C9H15NO. The smallest absolute Gasteiger partial charge is 0.211 e. The first-order valence-electron chi connectivity index (χ1n) is 4.27. The molecule has 1 rings (SSSR count). The lowest BCUT2D eigenvalue weighted by Crippen LogP contribution is -1.92. The summed E-state index contributed by atoms with van der Waals surface area (Å²) < 4.78 is 0. The Morgan fingerprint density at radius 2 is 2.27 bits per heavy atom. The topological polar surface area (TPSA) is 29.4 Å². The van der Waals surface area contributed by atoms with Crippen LogP contribution < -0.4 is 0 Å². The van der Waals surface area contributed by atoms with E-state index in [1.165, 1.54) is 12.8 Å². The quantitative estimate of drug-likeness (QED) is 0.448. The van der Waals surface area contributed by atoms with Crippen LogP contribution in [0.1, 0.15) is 26.7 Å². The van der Waals surface area contributed by atoms with Gasteiger partial charge in [-0.1, -0.05) is 13.8 Å². The summed E-state index contributed by atoms with van der Waals surface area (Å²) in [5.74, 6) is 2.32. The molecule has 0 aromatic heterocycles. The Hall–Kier alpha value is -0.620. The van der Waals surface area contributed by atoms with Crippen molar-refractivity contribution in [3.63, 3.8) is 0 Å². The van der Waals surface area contributed by atoms with Gasteiger partial charge in [0.15, 0.2) is 0 Å². The Morgan fingerprint density at radius 3 is 2.82 bits per heavy atom. The van der Waals surface area contributed by atoms with Gasteiger partial charge in [-0.15, -0.1) is 0 Å². The third-order valence-corrected chi connectivity index (χ3v) is 2.23. The molecular weight excluding hydrogens is 138 g/mol. The summed E-state index contributed by atoms with van der Waals surface area (Å²) in [5, 5.41) is 0. The predicted octanol–water partition coefficient (Wildman–Crippen LogP) is 2.00. The molecule has 2 nitrogen and oxygen atoms in total. The fourth-order valence-electron chi connectivity index (χ4n) is 1.58. The van der Waals surface area contributed by atoms with Crippen LogP contribution in [0.25, 0.3) is 0 Å². The van der Waals surface area contributed by atoms with Gasteiger partial charge in [0.05, 0.1) is 6.54 Å². The van der Waals surface area contributed by atoms with Crippen LogP contribution in [0, 0.1) is 17.8 Å². The van der Waals surface area contributed by atoms with Crippen LogP contribution >= 0.6 is 0 Å². The van der Waals surface area contributed by atoms with E-state index in [1.54, 1.807) is 6.08 Å². The van der Waals surface area contributed by atoms with Crippen LogP contribution in [0.5, 0.6) is 0 Å². The van der Waals surface area contributed by atoms with Gasteiger partial charge in [0.25, 0.3) is 0 Å². The number of hydrogen-bond donors (Lipinski definition) is 0. The van der Waals surface area contributed by atoms with Crippen LogP contribution in [0.4, 0.5) is 0 Å². The molecule has 0 saturated heterocycles. The summed E-state index contributed by atoms with van der Waals surface area (Å²) in [5.41, 5.74) is 0. The van der Waals surface area contributed by atoms with Gasteiger partial charge in [-0.3, -0.25) is 0 Å². The molecule has 11 heavy (non-hydrogen) atoms. The molecule has 2 heteroatoms. The molecule has 1 aliphatic carbocycles. The highest BCUT2D eigenvalue weighted by Crippen LogP contribution is 2.42. The van der Waals surface area contributed by atoms with E-state index in [2.05, 4.69) is 18.8 Å². The van der Waals surface area contributed by atoms with E-state index in [0.717, 1.165) is 11.8 Å². The average molecular weight is 153 g/mol. The van der Waals surface area contributed by atoms with E-state index in [0.29, 0.717) is 12.5 Å². The summed E-state index contributed by atoms with van der Waals surface area (Å²) in [6.45, 7) is 5.18. The number of nitrogens with zero attached hydrogens (tertiary/aromatic N) is 1. The van der Waals surface area contributed by atoms with Gasteiger partial charge in [0.2, 0.25) is 6.08 Å². The van der Waals surface area contributed by atoms with Crippen LogP contribution in [0.15, 0.2) is 4.99 Å². The van der Waals surface area contributed by atoms with Crippen molar-refractivity contribution in [3.8, 4) is 0 Å². The van der Waals surface area contributed by atoms with Crippen molar-refractivity contribution in [2.24, 2.45) is 22.7 Å². The standard InChI is InChI=1S/C9H15NO/c1-7(2)3-8-4-9(8)5-10-6-11/h7-9H,3-5H2,1-2H3. The molecule has 0 spiro atoms. The van der Waals surface area contributed by atoms with Gasteiger partial charge in [-0.25, -0.2) is 9.79 Å². The van der Waals surface area contributed by atoms with Crippen LogP contribution in [-0.4, -0.2) is 12.6 Å². The molecule has 0 aromatic carbocycles. The van der Waals surface area contributed by atoms with Crippen molar-refractivity contribution in [3.05, 3.63) is 0 Å². The summed E-state index contributed by atoms with van der Waals surface area (Å²) in [7, 11) is 0. The first-order chi connectivity index (χ1) is 5.24. The maximum atomic E-state index is 9.77. The molecule has 0 heterocycles. The number of aliphatic imine (C=N–C) groups is 1. The van der Waals surface area contributed by atoms with Gasteiger partial charge in [0.1, 0.15) is 0 Å². The first kappa shape index (κ1) is 8.48. The summed E-state index contributed by atoms with van der Waals surface area (Å²) >= 11 is 0. The zero-order valence-electron chi connectivity index (χ0n) is 7.21. The number of isocyanates is 1. The molecule has 0 amide bonds. The van der Waals surface area contributed by atoms with E-state index < -0.39 is 0 Å². The van der Waals surface area contributed by atoms with E-state index in [1.807, 2.05) is 0 Å². The van der Waals surface area contributed by atoms with Crippen LogP contribution in [-0.2, 0) is 4.79 Å². The lowest BCUT2D eigenvalue weighted by Gasteiger charge is -2.00. The monoisotopic (exact) mass is 153 g/mol. The Morgan fingerprint density at radius 1 is 1.55 bits per heavy atom. The van der Waals surface area contributed by atoms with Crippen molar-refractivity contribution in [1.82, 2.24) is 0 Å². The van der Waals surface area contributed by atoms with Gasteiger partial charge in [0, 0.05) is 0 Å². The predicted molar refractivity (Wildman–Crippen MR) is 44.0 cm³/mol. The molecule has 1 fully saturated rings. The van der Waals surface area contributed by atoms with E-state index in [4.69, 9.17) is 0 Å². The van der Waals surface area contributed by atoms with Crippen molar-refractivity contribution in [1.29, 1.82) is 0 Å². The molecule has 0 radical (unpaired) electrons. The molecule has 0 aromatic rings. The highest BCUT2D eigenvalue weighted by Gasteiger charge is 2.36. The highest BCUT2D eigenvalue weighted by atomic mass is 16.1. The molecule has 0 bridgehead atoms. The van der Waals surface area contributed by atoms with Crippen molar-refractivity contribution in [2.75, 3.05) is 6.54 Å². The van der Waals surface area contributed by atoms with Crippen molar-refractivity contribution in [2.45, 2.75) is 26.7 Å². The lowest BCUT2D eigenvalue weighted by molar-refractivity contribution is 0.513. The van der Waals surface area contributed by atoms with E-state index >= 15 is 0 Å². The highest BCUT2D eigenvalue weighted by molar-refractivity contribution is 5.33. The molecule has 0 aliphatic heterocycles. The Labute approximate surface area is 67.7 Å². The minimum absolute atomic E-state index is 0.693. The Balaban J connectivity index is 2.11. The second-order valence-electron chi connectivity index (χ2n) is 3.82. The largest absolute Gasteiger partial charge is 0.234 e. The minimum Gasteiger partial charge on any atom is -0.211 e. The second-order valence-corrected chi connectivity index (χ2v) is 3.82. The number of rotatable bonds is 4. The average Bonchev–Trinajstić information content (AvgIpc) is 2.62. The van der Waals surface area contributed by atoms with E-state index in [-0.39, 0.29) is 0 Å². The van der Waals surface area contributed by atoms with Crippen LogP contribution in [0.3, 0.4) is 0 Å². The van der Waals surface area contributed by atoms with Gasteiger partial charge in [-0.2, -0.15) is 0 Å². The zero-order chi connectivity index (χ0) is 8.27. The number of carbonyl (C=O) groups excluding carboxylic acids is 1. The second kappa shape index (κ2) is 3.68. The van der Waals surface area contributed by atoms with Gasteiger partial charge < -0.3 is 0 Å². The molecule has 1 saturated carbocycles. The normalized spacial score (nSPS) is 28.3. The fourth-order valence-corrected chi connectivity index (χ4v) is 1.58. The zero-order valence-corrected chi connectivity index (χ0v) is 7.21. The third-order valence-electron chi connectivity index (χ3n) is 2.23. The Bertz CT molecular complexity index is 170. The minimum atomic E-state index is 0.693. The molecule has 2 unspecified atom stereocenters. The summed E-state index contributed by atoms with van der Waals surface area (Å²) in [6, 6.07) is 0. The number of hydrogen-bond acceptors (Lipinski definition) is 2. The van der Waals surface area contributed by atoms with Crippen molar-refractivity contribution < 1.29 is 4.79 Å². The maximum absolute atomic E-state index is 9.77. The molecule has 0 N–H and O–H groups in total. The van der Waals surface area contributed by atoms with E-state index in [9.17, 15) is 4.79 Å². The molecule has 2 atom stereocenters. The van der Waals surface area contributed by atoms with Crippen molar-refractivity contribution >= 4 is 6.08 Å². The third kappa shape index (κ3) is 2.85. The molecule has 62 valence electrons. The lowest BCUT2D eigenvalue weighted by atomic mass is 10.1. The summed E-state index contributed by atoms with van der Waals surface area (Å²) in [6.07, 6.45) is 4.15. The van der Waals surface area contributed by atoms with Gasteiger partial charge >= 0.3 is 0 Å². The maximum Gasteiger partial charge on any atom is 0.234 e. The SMILES string of the molecule is CC(C)CC1CC1CN=C=O. The summed E-state index contributed by atoms with van der Waals surface area (Å²) in [4.78, 5) is 13.4. The first-order valence-corrected chi connectivity index (χ1v) is 4.27. The van der Waals surface area contributed by atoms with Crippen LogP contribution in [0.2, 0.25) is 0 Å². The molecule has 1 aliphatic rings. The Kier molecular flexibility index (Phi) is 2.84.